The summed E-state index contributed by atoms with van der Waals surface area (Å²) >= 11 is 0. The summed E-state index contributed by atoms with van der Waals surface area (Å²) < 4.78 is 26.9. The molecule has 2 unspecified atom stereocenters. The van der Waals surface area contributed by atoms with Gasteiger partial charge in [-0.2, -0.15) is 0 Å². The lowest BCUT2D eigenvalue weighted by Gasteiger charge is -2.21. The zero-order valence-electron chi connectivity index (χ0n) is 24.8. The molecule has 2 heterocycles. The van der Waals surface area contributed by atoms with Crippen molar-refractivity contribution >= 4 is 5.97 Å². The smallest absolute Gasteiger partial charge is 0.311 e. The lowest BCUT2D eigenvalue weighted by atomic mass is 9.97. The quantitative estimate of drug-likeness (QED) is 0.173. The average molecular weight is 569 g/mol. The molecule has 9 heteroatoms. The van der Waals surface area contributed by atoms with Crippen molar-refractivity contribution in [2.45, 2.75) is 123 Å². The lowest BCUT2D eigenvalue weighted by Crippen LogP contribution is -2.23. The molecule has 0 spiro atoms. The minimum Gasteiger partial charge on any atom is -0.465 e. The van der Waals surface area contributed by atoms with E-state index in [0.717, 1.165) is 51.7 Å². The van der Waals surface area contributed by atoms with E-state index in [1.807, 2.05) is 20.8 Å². The number of rotatable bonds is 13. The monoisotopic (exact) mass is 568 g/mol. The Balaban J connectivity index is 0.000000418. The molecule has 0 amide bonds. The Morgan fingerprint density at radius 1 is 0.825 bits per heavy atom. The summed E-state index contributed by atoms with van der Waals surface area (Å²) in [6, 6.07) is 0. The van der Waals surface area contributed by atoms with E-state index in [9.17, 15) is 15.0 Å². The van der Waals surface area contributed by atoms with Crippen molar-refractivity contribution in [1.82, 2.24) is 0 Å². The van der Waals surface area contributed by atoms with Crippen LogP contribution in [0.25, 0.3) is 0 Å². The first-order valence-corrected chi connectivity index (χ1v) is 14.7. The second kappa shape index (κ2) is 22.9. The number of aliphatic hydroxyl groups excluding tert-OH is 3. The predicted molar refractivity (Wildman–Crippen MR) is 152 cm³/mol. The number of carbonyl (C=O) groups is 1. The summed E-state index contributed by atoms with van der Waals surface area (Å²) in [7, 11) is 0. The molecule has 3 N–H and O–H groups in total. The molecule has 230 valence electrons. The third-order valence-electron chi connectivity index (χ3n) is 6.11. The van der Waals surface area contributed by atoms with Crippen molar-refractivity contribution in [2.24, 2.45) is 5.41 Å². The minimum atomic E-state index is -0.498. The summed E-state index contributed by atoms with van der Waals surface area (Å²) in [5.74, 6) is 11.3. The van der Waals surface area contributed by atoms with Crippen LogP contribution < -0.4 is 0 Å². The van der Waals surface area contributed by atoms with Crippen LogP contribution in [0.3, 0.4) is 0 Å². The Bertz CT molecular complexity index is 760. The zero-order valence-corrected chi connectivity index (χ0v) is 24.8. The molecule has 0 aliphatic carbocycles. The first-order chi connectivity index (χ1) is 19.2. The molecule has 0 saturated carbocycles. The Morgan fingerprint density at radius 3 is 1.75 bits per heavy atom. The maximum atomic E-state index is 11.6. The minimum absolute atomic E-state index is 0.0997. The molecular formula is C31H52O9. The van der Waals surface area contributed by atoms with Crippen LogP contribution in [0.4, 0.5) is 0 Å². The number of hydrogen-bond donors (Lipinski definition) is 3. The van der Waals surface area contributed by atoms with Crippen LogP contribution in [0.2, 0.25) is 0 Å². The molecule has 0 radical (unpaired) electrons. The van der Waals surface area contributed by atoms with Gasteiger partial charge in [0.1, 0.15) is 13.2 Å². The highest BCUT2D eigenvalue weighted by molar-refractivity contribution is 5.75. The zero-order chi connectivity index (χ0) is 29.5. The second-order valence-corrected chi connectivity index (χ2v) is 11.0. The molecule has 40 heavy (non-hydrogen) atoms. The van der Waals surface area contributed by atoms with Gasteiger partial charge in [-0.05, 0) is 85.0 Å². The Labute approximate surface area is 241 Å². The van der Waals surface area contributed by atoms with Gasteiger partial charge in [-0.1, -0.05) is 23.7 Å². The molecule has 2 aliphatic rings. The van der Waals surface area contributed by atoms with Gasteiger partial charge >= 0.3 is 5.97 Å². The molecule has 2 aliphatic heterocycles. The maximum Gasteiger partial charge on any atom is 0.311 e. The van der Waals surface area contributed by atoms with Crippen LogP contribution in [-0.4, -0.2) is 85.7 Å². The fraction of sp³-hybridized carbons (Fsp3) is 0.839. The molecule has 0 aromatic rings. The van der Waals surface area contributed by atoms with Crippen molar-refractivity contribution in [3.63, 3.8) is 0 Å². The molecule has 2 saturated heterocycles. The summed E-state index contributed by atoms with van der Waals surface area (Å²) in [5, 5.41) is 27.9. The largest absolute Gasteiger partial charge is 0.465 e. The highest BCUT2D eigenvalue weighted by Gasteiger charge is 2.22. The normalized spacial score (nSPS) is 20.4. The number of hydrogen-bond acceptors (Lipinski definition) is 9. The van der Waals surface area contributed by atoms with E-state index >= 15 is 0 Å². The van der Waals surface area contributed by atoms with Crippen molar-refractivity contribution in [3.05, 3.63) is 0 Å². The highest BCUT2D eigenvalue weighted by atomic mass is 16.7. The molecule has 2 fully saturated rings. The Hall–Kier alpha value is -1.69. The number of ether oxygens (including phenoxy) is 5. The van der Waals surface area contributed by atoms with Crippen molar-refractivity contribution in [2.75, 3.05) is 39.6 Å². The van der Waals surface area contributed by atoms with E-state index in [1.165, 1.54) is 0 Å². The van der Waals surface area contributed by atoms with Gasteiger partial charge in [0.15, 0.2) is 12.6 Å². The Morgan fingerprint density at radius 2 is 1.32 bits per heavy atom. The van der Waals surface area contributed by atoms with Crippen molar-refractivity contribution < 1.29 is 43.8 Å². The van der Waals surface area contributed by atoms with Gasteiger partial charge in [0, 0.05) is 32.7 Å². The van der Waals surface area contributed by atoms with E-state index in [0.29, 0.717) is 58.3 Å². The molecule has 4 atom stereocenters. The van der Waals surface area contributed by atoms with E-state index < -0.39 is 17.6 Å². The predicted octanol–water partition coefficient (Wildman–Crippen LogP) is 3.71. The molecule has 0 bridgehead atoms. The van der Waals surface area contributed by atoms with Gasteiger partial charge in [0.25, 0.3) is 0 Å². The van der Waals surface area contributed by atoms with Gasteiger partial charge in [0.2, 0.25) is 0 Å². The molecule has 2 rings (SSSR count). The van der Waals surface area contributed by atoms with Gasteiger partial charge in [-0.3, -0.25) is 4.79 Å². The maximum absolute atomic E-state index is 11.6. The molecule has 9 nitrogen and oxygen atoms in total. The van der Waals surface area contributed by atoms with Crippen molar-refractivity contribution in [1.29, 1.82) is 0 Å². The third kappa shape index (κ3) is 20.2. The Kier molecular flexibility index (Phi) is 20.8. The molecule has 0 aromatic carbocycles. The lowest BCUT2D eigenvalue weighted by molar-refractivity contribution is -0.154. The summed E-state index contributed by atoms with van der Waals surface area (Å²) in [6.45, 7) is 8.14. The van der Waals surface area contributed by atoms with Crippen LogP contribution in [-0.2, 0) is 28.5 Å². The summed E-state index contributed by atoms with van der Waals surface area (Å²) in [6.07, 6.45) is 8.47. The van der Waals surface area contributed by atoms with E-state index in [4.69, 9.17) is 28.8 Å². The van der Waals surface area contributed by atoms with Gasteiger partial charge in [-0.25, -0.2) is 0 Å². The van der Waals surface area contributed by atoms with E-state index in [1.54, 1.807) is 0 Å². The second-order valence-electron chi connectivity index (χ2n) is 11.0. The fourth-order valence-electron chi connectivity index (χ4n) is 3.67. The molecular weight excluding hydrogens is 516 g/mol. The SMILES string of the molecule is CC(C)(C)C(=O)OCCC[C@H](O)CC#CCOC1CCCCO1.OCCC[C@H](O)CC#CCOC1CCCCO1. The highest BCUT2D eigenvalue weighted by Crippen LogP contribution is 2.16. The van der Waals surface area contributed by atoms with Crippen LogP contribution in [0, 0.1) is 29.1 Å². The van der Waals surface area contributed by atoms with Crippen LogP contribution >= 0.6 is 0 Å². The molecule has 0 aromatic heterocycles. The fourth-order valence-corrected chi connectivity index (χ4v) is 3.67. The van der Waals surface area contributed by atoms with Gasteiger partial charge in [-0.15, -0.1) is 0 Å². The standard InChI is InChI=1S/C18H30O5.C13H22O4/c1-18(2,3)17(20)23-14-8-10-15(19)9-4-6-12-21-16-11-5-7-13-22-16;14-9-5-7-12(15)6-1-3-10-16-13-8-2-4-11-17-13/h15-16,19H,5,7-14H2,1-3H3;12-15H,2,4-11H2/t15-,16?;12-,13?/m11/s1. The van der Waals surface area contributed by atoms with E-state index in [2.05, 4.69) is 23.7 Å². The van der Waals surface area contributed by atoms with Crippen LogP contribution in [0.15, 0.2) is 0 Å². The van der Waals surface area contributed by atoms with Gasteiger partial charge < -0.3 is 39.0 Å². The number of aliphatic hydroxyl groups is 3. The first-order valence-electron chi connectivity index (χ1n) is 14.7. The summed E-state index contributed by atoms with van der Waals surface area (Å²) in [5.41, 5.74) is -0.480. The van der Waals surface area contributed by atoms with Crippen molar-refractivity contribution in [3.8, 4) is 23.7 Å². The number of carbonyl (C=O) groups excluding carboxylic acids is 1. The topological polar surface area (TPSA) is 124 Å². The number of esters is 1. The summed E-state index contributed by atoms with van der Waals surface area (Å²) in [4.78, 5) is 11.6. The first kappa shape index (κ1) is 36.3. The van der Waals surface area contributed by atoms with Crippen LogP contribution in [0.5, 0.6) is 0 Å². The van der Waals surface area contributed by atoms with E-state index in [-0.39, 0.29) is 25.2 Å². The van der Waals surface area contributed by atoms with Gasteiger partial charge in [0.05, 0.1) is 24.2 Å². The third-order valence-corrected chi connectivity index (χ3v) is 6.11. The van der Waals surface area contributed by atoms with Crippen LogP contribution in [0.1, 0.15) is 97.8 Å². The average Bonchev–Trinajstić information content (AvgIpc) is 2.94.